The summed E-state index contributed by atoms with van der Waals surface area (Å²) in [5.74, 6) is 1.57. The quantitative estimate of drug-likeness (QED) is 0.820. The van der Waals surface area contributed by atoms with Gasteiger partial charge in [-0.3, -0.25) is 5.10 Å². The van der Waals surface area contributed by atoms with Crippen LogP contribution in [0.2, 0.25) is 0 Å². The number of nitrogens with two attached hydrogens (primary N) is 1. The van der Waals surface area contributed by atoms with Crippen molar-refractivity contribution in [2.24, 2.45) is 5.73 Å². The van der Waals surface area contributed by atoms with Crippen LogP contribution in [0.1, 0.15) is 18.3 Å². The molecule has 0 saturated carbocycles. The minimum absolute atomic E-state index is 0.0961. The summed E-state index contributed by atoms with van der Waals surface area (Å²) in [6.07, 6.45) is 0.721. The molecule has 16 heavy (non-hydrogen) atoms. The highest BCUT2D eigenvalue weighted by atomic mass is 15.2. The first-order chi connectivity index (χ1) is 7.65. The fourth-order valence-corrected chi connectivity index (χ4v) is 1.52. The summed E-state index contributed by atoms with van der Waals surface area (Å²) in [7, 11) is 0. The number of hydrogen-bond donors (Lipinski definition) is 2. The number of nitrogens with zero attached hydrogens (tertiary/aromatic N) is 2. The molecule has 4 heteroatoms. The third-order valence-corrected chi connectivity index (χ3v) is 2.36. The van der Waals surface area contributed by atoms with Crippen LogP contribution in [0.4, 0.5) is 0 Å². The van der Waals surface area contributed by atoms with Gasteiger partial charge < -0.3 is 5.73 Å². The van der Waals surface area contributed by atoms with Crippen LogP contribution in [-0.4, -0.2) is 21.2 Å². The smallest absolute Gasteiger partial charge is 0.181 e. The van der Waals surface area contributed by atoms with Gasteiger partial charge in [0.05, 0.1) is 0 Å². The summed E-state index contributed by atoms with van der Waals surface area (Å²) in [4.78, 5) is 4.40. The van der Waals surface area contributed by atoms with Crippen molar-refractivity contribution < 1.29 is 0 Å². The summed E-state index contributed by atoms with van der Waals surface area (Å²) in [6, 6.07) is 8.25. The Bertz CT molecular complexity index is 456. The predicted molar refractivity (Wildman–Crippen MR) is 63.9 cm³/mol. The van der Waals surface area contributed by atoms with Crippen molar-refractivity contribution in [3.63, 3.8) is 0 Å². The minimum Gasteiger partial charge on any atom is -0.328 e. The van der Waals surface area contributed by atoms with E-state index in [9.17, 15) is 0 Å². The van der Waals surface area contributed by atoms with E-state index < -0.39 is 0 Å². The Labute approximate surface area is 94.9 Å². The average molecular weight is 216 g/mol. The van der Waals surface area contributed by atoms with Crippen molar-refractivity contribution in [3.05, 3.63) is 35.7 Å². The first-order valence-corrected chi connectivity index (χ1v) is 5.39. The minimum atomic E-state index is 0.0961. The SMILES string of the molecule is Cc1ccc(-c2n[nH]c(CC(C)N)n2)cc1. The van der Waals surface area contributed by atoms with E-state index in [1.807, 2.05) is 19.1 Å². The molecule has 0 bridgehead atoms. The molecule has 0 fully saturated rings. The lowest BCUT2D eigenvalue weighted by Crippen LogP contribution is -2.18. The number of nitrogens with one attached hydrogen (secondary N) is 1. The van der Waals surface area contributed by atoms with Crippen molar-refractivity contribution in [2.75, 3.05) is 0 Å². The second kappa shape index (κ2) is 4.45. The normalized spacial score (nSPS) is 12.7. The maximum atomic E-state index is 5.70. The van der Waals surface area contributed by atoms with Crippen LogP contribution in [-0.2, 0) is 6.42 Å². The molecule has 1 atom stereocenters. The lowest BCUT2D eigenvalue weighted by molar-refractivity contribution is 0.705. The van der Waals surface area contributed by atoms with E-state index in [-0.39, 0.29) is 6.04 Å². The Morgan fingerprint density at radius 1 is 1.31 bits per heavy atom. The molecule has 1 aromatic carbocycles. The van der Waals surface area contributed by atoms with Crippen molar-refractivity contribution in [1.29, 1.82) is 0 Å². The number of aromatic amines is 1. The highest BCUT2D eigenvalue weighted by Gasteiger charge is 2.06. The van der Waals surface area contributed by atoms with Gasteiger partial charge in [-0.1, -0.05) is 29.8 Å². The Balaban J connectivity index is 2.21. The Morgan fingerprint density at radius 3 is 2.62 bits per heavy atom. The molecule has 1 aromatic heterocycles. The standard InChI is InChI=1S/C12H16N4/c1-8-3-5-10(6-4-8)12-14-11(15-16-12)7-9(2)13/h3-6,9H,7,13H2,1-2H3,(H,14,15,16). The fraction of sp³-hybridized carbons (Fsp3) is 0.333. The van der Waals surface area contributed by atoms with Crippen LogP contribution in [0.15, 0.2) is 24.3 Å². The van der Waals surface area contributed by atoms with Gasteiger partial charge in [0.1, 0.15) is 5.82 Å². The molecule has 3 N–H and O–H groups in total. The lowest BCUT2D eigenvalue weighted by atomic mass is 10.1. The van der Waals surface area contributed by atoms with E-state index in [4.69, 9.17) is 5.73 Å². The second-order valence-corrected chi connectivity index (χ2v) is 4.15. The van der Waals surface area contributed by atoms with Crippen molar-refractivity contribution in [1.82, 2.24) is 15.2 Å². The molecule has 0 aliphatic carbocycles. The van der Waals surface area contributed by atoms with Crippen molar-refractivity contribution in [2.45, 2.75) is 26.3 Å². The summed E-state index contributed by atoms with van der Waals surface area (Å²) in [5.41, 5.74) is 7.96. The largest absolute Gasteiger partial charge is 0.328 e. The molecule has 4 nitrogen and oxygen atoms in total. The van der Waals surface area contributed by atoms with E-state index in [0.717, 1.165) is 23.6 Å². The molecule has 0 aliphatic heterocycles. The molecule has 2 aromatic rings. The van der Waals surface area contributed by atoms with Gasteiger partial charge in [-0.2, -0.15) is 5.10 Å². The summed E-state index contributed by atoms with van der Waals surface area (Å²) >= 11 is 0. The van der Waals surface area contributed by atoms with Crippen molar-refractivity contribution in [3.8, 4) is 11.4 Å². The predicted octanol–water partition coefficient (Wildman–Crippen LogP) is 1.67. The van der Waals surface area contributed by atoms with Crippen LogP contribution in [0.5, 0.6) is 0 Å². The lowest BCUT2D eigenvalue weighted by Gasteiger charge is -1.98. The van der Waals surface area contributed by atoms with Gasteiger partial charge in [-0.25, -0.2) is 4.98 Å². The van der Waals surface area contributed by atoms with Crippen molar-refractivity contribution >= 4 is 0 Å². The van der Waals surface area contributed by atoms with Gasteiger partial charge in [0.2, 0.25) is 0 Å². The van der Waals surface area contributed by atoms with Crippen LogP contribution >= 0.6 is 0 Å². The van der Waals surface area contributed by atoms with E-state index in [1.54, 1.807) is 0 Å². The zero-order chi connectivity index (χ0) is 11.5. The highest BCUT2D eigenvalue weighted by molar-refractivity contribution is 5.54. The van der Waals surface area contributed by atoms with Gasteiger partial charge in [-0.15, -0.1) is 0 Å². The van der Waals surface area contributed by atoms with E-state index >= 15 is 0 Å². The third-order valence-electron chi connectivity index (χ3n) is 2.36. The number of aromatic nitrogens is 3. The topological polar surface area (TPSA) is 67.6 Å². The van der Waals surface area contributed by atoms with Gasteiger partial charge >= 0.3 is 0 Å². The molecule has 1 heterocycles. The van der Waals surface area contributed by atoms with Crippen LogP contribution in [0, 0.1) is 6.92 Å². The maximum absolute atomic E-state index is 5.70. The van der Waals surface area contributed by atoms with Gasteiger partial charge in [-0.05, 0) is 13.8 Å². The van der Waals surface area contributed by atoms with Crippen LogP contribution in [0.25, 0.3) is 11.4 Å². The van der Waals surface area contributed by atoms with Gasteiger partial charge in [0.15, 0.2) is 5.82 Å². The van der Waals surface area contributed by atoms with Gasteiger partial charge in [0, 0.05) is 18.0 Å². The number of rotatable bonds is 3. The molecule has 0 radical (unpaired) electrons. The number of H-pyrrole nitrogens is 1. The molecular formula is C12H16N4. The Hall–Kier alpha value is -1.68. The second-order valence-electron chi connectivity index (χ2n) is 4.15. The van der Waals surface area contributed by atoms with E-state index in [2.05, 4.69) is 34.2 Å². The molecule has 1 unspecified atom stereocenters. The zero-order valence-corrected chi connectivity index (χ0v) is 9.57. The third kappa shape index (κ3) is 2.46. The van der Waals surface area contributed by atoms with Crippen LogP contribution < -0.4 is 5.73 Å². The van der Waals surface area contributed by atoms with Crippen LogP contribution in [0.3, 0.4) is 0 Å². The molecular weight excluding hydrogens is 200 g/mol. The fourth-order valence-electron chi connectivity index (χ4n) is 1.52. The molecule has 84 valence electrons. The molecule has 0 aliphatic rings. The highest BCUT2D eigenvalue weighted by Crippen LogP contribution is 2.15. The van der Waals surface area contributed by atoms with E-state index in [1.165, 1.54) is 5.56 Å². The molecule has 0 saturated heterocycles. The summed E-state index contributed by atoms with van der Waals surface area (Å²) in [6.45, 7) is 4.01. The molecule has 2 rings (SSSR count). The number of aryl methyl sites for hydroxylation is 1. The first-order valence-electron chi connectivity index (χ1n) is 5.39. The maximum Gasteiger partial charge on any atom is 0.181 e. The first kappa shape index (κ1) is 10.8. The summed E-state index contributed by atoms with van der Waals surface area (Å²) < 4.78 is 0. The monoisotopic (exact) mass is 216 g/mol. The molecule has 0 amide bonds. The average Bonchev–Trinajstić information content (AvgIpc) is 2.66. The Kier molecular flexibility index (Phi) is 3.01. The van der Waals surface area contributed by atoms with E-state index in [0.29, 0.717) is 0 Å². The number of benzene rings is 1. The number of hydrogen-bond acceptors (Lipinski definition) is 3. The summed E-state index contributed by atoms with van der Waals surface area (Å²) in [5, 5.41) is 7.09. The zero-order valence-electron chi connectivity index (χ0n) is 9.57. The van der Waals surface area contributed by atoms with Gasteiger partial charge in [0.25, 0.3) is 0 Å². The molecule has 0 spiro atoms. The Morgan fingerprint density at radius 2 is 2.00 bits per heavy atom.